The van der Waals surface area contributed by atoms with Crippen LogP contribution < -0.4 is 10.6 Å². The number of carbonyl (C=O) groups excluding carboxylic acids is 1. The van der Waals surface area contributed by atoms with E-state index in [0.717, 1.165) is 23.2 Å². The van der Waals surface area contributed by atoms with E-state index < -0.39 is 0 Å². The van der Waals surface area contributed by atoms with E-state index in [1.54, 1.807) is 22.8 Å². The molecule has 26 heavy (non-hydrogen) atoms. The molecule has 0 saturated heterocycles. The first kappa shape index (κ1) is 17.9. The number of hydrogen-bond donors (Lipinski definition) is 2. The third-order valence-corrected chi connectivity index (χ3v) is 4.59. The second kappa shape index (κ2) is 8.48. The number of nitrogens with one attached hydrogen (secondary N) is 2. The van der Waals surface area contributed by atoms with Crippen LogP contribution in [0.1, 0.15) is 12.7 Å². The van der Waals surface area contributed by atoms with Crippen molar-refractivity contribution in [3.05, 3.63) is 42.7 Å². The Kier molecular flexibility index (Phi) is 5.84. The predicted molar refractivity (Wildman–Crippen MR) is 99.5 cm³/mol. The third-order valence-electron chi connectivity index (χ3n) is 3.62. The maximum absolute atomic E-state index is 12.0. The summed E-state index contributed by atoms with van der Waals surface area (Å²) in [4.78, 5) is 16.0. The van der Waals surface area contributed by atoms with Crippen LogP contribution in [0.15, 0.2) is 42.1 Å². The summed E-state index contributed by atoms with van der Waals surface area (Å²) in [6, 6.07) is 7.13. The van der Waals surface area contributed by atoms with Crippen LogP contribution >= 0.6 is 11.8 Å². The minimum atomic E-state index is -0.255. The Hall–Kier alpha value is -2.88. The monoisotopic (exact) mass is 372 g/mol. The Labute approximate surface area is 155 Å². The van der Waals surface area contributed by atoms with Crippen LogP contribution in [0.25, 0.3) is 5.69 Å². The molecule has 1 aromatic carbocycles. The molecule has 0 fully saturated rings. The Balaban J connectivity index is 1.46. The molecule has 0 atom stereocenters. The van der Waals surface area contributed by atoms with Crippen LogP contribution in [-0.2, 0) is 6.54 Å². The topological polar surface area (TPSA) is 103 Å². The molecule has 0 spiro atoms. The van der Waals surface area contributed by atoms with Gasteiger partial charge in [-0.1, -0.05) is 17.8 Å². The fourth-order valence-corrected chi connectivity index (χ4v) is 3.28. The number of urea groups is 1. The summed E-state index contributed by atoms with van der Waals surface area (Å²) in [5.74, 6) is 1.61. The van der Waals surface area contributed by atoms with E-state index in [0.29, 0.717) is 18.0 Å². The zero-order valence-electron chi connectivity index (χ0n) is 14.6. The Bertz CT molecular complexity index is 861. The van der Waals surface area contributed by atoms with E-state index in [9.17, 15) is 4.79 Å². The van der Waals surface area contributed by atoms with E-state index >= 15 is 0 Å². The first-order valence-corrected chi connectivity index (χ1v) is 9.18. The van der Waals surface area contributed by atoms with Gasteiger partial charge in [-0.3, -0.25) is 0 Å². The predicted octanol–water partition coefficient (Wildman–Crippen LogP) is 2.10. The molecular formula is C16H20N8OS. The van der Waals surface area contributed by atoms with E-state index in [1.807, 2.05) is 35.8 Å². The summed E-state index contributed by atoms with van der Waals surface area (Å²) in [5.41, 5.74) is 1.51. The molecule has 3 rings (SSSR count). The fraction of sp³-hybridized carbons (Fsp3) is 0.312. The molecule has 9 nitrogen and oxygen atoms in total. The highest BCUT2D eigenvalue weighted by molar-refractivity contribution is 7.99. The van der Waals surface area contributed by atoms with Gasteiger partial charge in [0, 0.05) is 24.5 Å². The lowest BCUT2D eigenvalue weighted by molar-refractivity contribution is 0.252. The summed E-state index contributed by atoms with van der Waals surface area (Å²) in [6.45, 7) is 5.34. The van der Waals surface area contributed by atoms with E-state index in [-0.39, 0.29) is 6.03 Å². The Morgan fingerprint density at radius 1 is 1.31 bits per heavy atom. The van der Waals surface area contributed by atoms with Crippen LogP contribution in [0.4, 0.5) is 10.5 Å². The van der Waals surface area contributed by atoms with Crippen molar-refractivity contribution in [3.8, 4) is 5.69 Å². The molecule has 3 aromatic rings. The molecule has 136 valence electrons. The number of benzene rings is 1. The highest BCUT2D eigenvalue weighted by Gasteiger charge is 2.08. The largest absolute Gasteiger partial charge is 0.337 e. The van der Waals surface area contributed by atoms with Gasteiger partial charge in [0.25, 0.3) is 0 Å². The van der Waals surface area contributed by atoms with Gasteiger partial charge in [-0.05, 0) is 32.0 Å². The number of aryl methyl sites for hydroxylation is 1. The molecule has 0 bridgehead atoms. The van der Waals surface area contributed by atoms with Gasteiger partial charge in [-0.15, -0.1) is 10.2 Å². The number of aromatic nitrogens is 6. The quantitative estimate of drug-likeness (QED) is 0.486. The van der Waals surface area contributed by atoms with Gasteiger partial charge in [0.15, 0.2) is 5.16 Å². The molecule has 10 heteroatoms. The molecule has 0 saturated carbocycles. The van der Waals surface area contributed by atoms with Crippen molar-refractivity contribution >= 4 is 23.5 Å². The van der Waals surface area contributed by atoms with Crippen LogP contribution in [0.2, 0.25) is 0 Å². The molecule has 0 aliphatic rings. The second-order valence-corrected chi connectivity index (χ2v) is 6.46. The molecule has 2 N–H and O–H groups in total. The average molecular weight is 372 g/mol. The second-order valence-electron chi connectivity index (χ2n) is 5.39. The van der Waals surface area contributed by atoms with Gasteiger partial charge < -0.3 is 15.2 Å². The summed E-state index contributed by atoms with van der Waals surface area (Å²) in [5, 5.41) is 18.8. The van der Waals surface area contributed by atoms with Crippen LogP contribution in [0.3, 0.4) is 0 Å². The normalized spacial score (nSPS) is 10.7. The Morgan fingerprint density at radius 2 is 2.19 bits per heavy atom. The summed E-state index contributed by atoms with van der Waals surface area (Å²) in [6.07, 6.45) is 3.07. The number of anilines is 1. The number of thioether (sulfide) groups is 1. The number of nitrogens with zero attached hydrogens (tertiary/aromatic N) is 6. The van der Waals surface area contributed by atoms with Crippen molar-refractivity contribution in [3.63, 3.8) is 0 Å². The zero-order valence-corrected chi connectivity index (χ0v) is 15.4. The first-order chi connectivity index (χ1) is 12.7. The third kappa shape index (κ3) is 4.39. The van der Waals surface area contributed by atoms with Gasteiger partial charge in [-0.2, -0.15) is 5.10 Å². The minimum absolute atomic E-state index is 0.255. The lowest BCUT2D eigenvalue weighted by atomic mass is 10.3. The number of amides is 2. The standard InChI is InChI=1S/C16H20N8OS/c1-3-23-12(2)21-22-16(23)26-8-7-18-15(25)20-13-5-4-6-14(9-13)24-11-17-10-19-24/h4-6,9-11H,3,7-8H2,1-2H3,(H2,18,20,25). The van der Waals surface area contributed by atoms with Crippen molar-refractivity contribution in [1.82, 2.24) is 34.8 Å². The molecule has 0 aliphatic heterocycles. The van der Waals surface area contributed by atoms with Crippen molar-refractivity contribution in [2.24, 2.45) is 0 Å². The van der Waals surface area contributed by atoms with Gasteiger partial charge in [0.05, 0.1) is 5.69 Å². The molecule has 0 aliphatic carbocycles. The van der Waals surface area contributed by atoms with E-state index in [1.165, 1.54) is 6.33 Å². The number of carbonyl (C=O) groups is 1. The van der Waals surface area contributed by atoms with Gasteiger partial charge in [0.2, 0.25) is 0 Å². The zero-order chi connectivity index (χ0) is 18.4. The van der Waals surface area contributed by atoms with Crippen LogP contribution in [0, 0.1) is 6.92 Å². The molecule has 2 heterocycles. The van der Waals surface area contributed by atoms with E-state index in [4.69, 9.17) is 0 Å². The van der Waals surface area contributed by atoms with Crippen LogP contribution in [0.5, 0.6) is 0 Å². The molecule has 0 unspecified atom stereocenters. The van der Waals surface area contributed by atoms with E-state index in [2.05, 4.69) is 37.8 Å². The molecule has 2 aromatic heterocycles. The molecule has 0 radical (unpaired) electrons. The lowest BCUT2D eigenvalue weighted by Crippen LogP contribution is -2.30. The summed E-state index contributed by atoms with van der Waals surface area (Å²) < 4.78 is 3.67. The van der Waals surface area contributed by atoms with Crippen molar-refractivity contribution in [2.45, 2.75) is 25.5 Å². The maximum atomic E-state index is 12.0. The van der Waals surface area contributed by atoms with Crippen molar-refractivity contribution in [1.29, 1.82) is 0 Å². The van der Waals surface area contributed by atoms with Gasteiger partial charge >= 0.3 is 6.03 Å². The minimum Gasteiger partial charge on any atom is -0.337 e. The maximum Gasteiger partial charge on any atom is 0.319 e. The SMILES string of the molecule is CCn1c(C)nnc1SCCNC(=O)Nc1cccc(-n2cncn2)c1. The van der Waals surface area contributed by atoms with Crippen molar-refractivity contribution < 1.29 is 4.79 Å². The number of rotatable bonds is 7. The highest BCUT2D eigenvalue weighted by atomic mass is 32.2. The fourth-order valence-electron chi connectivity index (χ4n) is 2.38. The molecular weight excluding hydrogens is 352 g/mol. The number of hydrogen-bond acceptors (Lipinski definition) is 6. The summed E-state index contributed by atoms with van der Waals surface area (Å²) in [7, 11) is 0. The average Bonchev–Trinajstić information content (AvgIpc) is 3.29. The highest BCUT2D eigenvalue weighted by Crippen LogP contribution is 2.16. The first-order valence-electron chi connectivity index (χ1n) is 8.20. The van der Waals surface area contributed by atoms with Gasteiger partial charge in [0.1, 0.15) is 18.5 Å². The molecule has 2 amide bonds. The van der Waals surface area contributed by atoms with Crippen molar-refractivity contribution in [2.75, 3.05) is 17.6 Å². The Morgan fingerprint density at radius 3 is 2.96 bits per heavy atom. The van der Waals surface area contributed by atoms with Gasteiger partial charge in [-0.25, -0.2) is 14.5 Å². The van der Waals surface area contributed by atoms with Crippen LogP contribution in [-0.4, -0.2) is 47.9 Å². The smallest absolute Gasteiger partial charge is 0.319 e. The summed E-state index contributed by atoms with van der Waals surface area (Å²) >= 11 is 1.57. The lowest BCUT2D eigenvalue weighted by Gasteiger charge is -2.09.